The van der Waals surface area contributed by atoms with Crippen LogP contribution >= 0.6 is 0 Å². The molecule has 0 amide bonds. The Hall–Kier alpha value is -0.570. The van der Waals surface area contributed by atoms with Gasteiger partial charge in [0.25, 0.3) is 0 Å². The molecule has 1 rings (SSSR count). The molecule has 1 saturated heterocycles. The molecule has 0 aromatic carbocycles. The lowest BCUT2D eigenvalue weighted by atomic mass is 10.0. The summed E-state index contributed by atoms with van der Waals surface area (Å²) in [5.74, 6) is -0.0848. The van der Waals surface area contributed by atoms with Crippen molar-refractivity contribution in [3.63, 3.8) is 0 Å². The zero-order valence-electron chi connectivity index (χ0n) is 8.56. The minimum Gasteiger partial charge on any atom is -0.464 e. The molecule has 3 heteroatoms. The minimum atomic E-state index is -0.409. The van der Waals surface area contributed by atoms with Crippen molar-refractivity contribution in [3.8, 4) is 0 Å². The number of unbranched alkanes of at least 4 members (excludes halogenated alkanes) is 1. The van der Waals surface area contributed by atoms with E-state index in [2.05, 4.69) is 12.2 Å². The van der Waals surface area contributed by atoms with Gasteiger partial charge in [-0.15, -0.1) is 0 Å². The first-order valence-corrected chi connectivity index (χ1v) is 5.11. The van der Waals surface area contributed by atoms with Gasteiger partial charge in [-0.3, -0.25) is 4.79 Å². The van der Waals surface area contributed by atoms with Gasteiger partial charge >= 0.3 is 5.97 Å². The summed E-state index contributed by atoms with van der Waals surface area (Å²) in [6, 6.07) is 0. The van der Waals surface area contributed by atoms with Crippen molar-refractivity contribution in [2.24, 2.45) is 0 Å². The number of hydrogen-bond donors (Lipinski definition) is 1. The summed E-state index contributed by atoms with van der Waals surface area (Å²) in [6.45, 7) is 5.50. The van der Waals surface area contributed by atoms with Gasteiger partial charge in [0, 0.05) is 0 Å². The van der Waals surface area contributed by atoms with Crippen molar-refractivity contribution < 1.29 is 9.53 Å². The topological polar surface area (TPSA) is 38.3 Å². The number of rotatable bonds is 4. The lowest BCUT2D eigenvalue weighted by molar-refractivity contribution is -0.150. The molecular formula is C10H19NO2. The Labute approximate surface area is 79.8 Å². The lowest BCUT2D eigenvalue weighted by Crippen LogP contribution is -2.45. The van der Waals surface area contributed by atoms with Gasteiger partial charge in [-0.05, 0) is 32.7 Å². The summed E-state index contributed by atoms with van der Waals surface area (Å²) in [4.78, 5) is 11.6. The monoisotopic (exact) mass is 185 g/mol. The molecule has 1 atom stereocenters. The number of esters is 1. The predicted molar refractivity (Wildman–Crippen MR) is 51.5 cm³/mol. The maximum Gasteiger partial charge on any atom is 0.326 e. The molecule has 76 valence electrons. The normalized spacial score (nSPS) is 27.5. The van der Waals surface area contributed by atoms with Crippen LogP contribution in [0.1, 0.15) is 39.5 Å². The molecule has 0 bridgehead atoms. The SMILES string of the molecule is CCCCOC(=O)C1(C)CCCN1. The van der Waals surface area contributed by atoms with Gasteiger partial charge in [0.1, 0.15) is 5.54 Å². The lowest BCUT2D eigenvalue weighted by Gasteiger charge is -2.21. The van der Waals surface area contributed by atoms with Gasteiger partial charge < -0.3 is 10.1 Å². The Morgan fingerprint density at radius 1 is 1.62 bits per heavy atom. The van der Waals surface area contributed by atoms with Crippen molar-refractivity contribution in [1.82, 2.24) is 5.32 Å². The third-order valence-corrected chi connectivity index (χ3v) is 2.55. The number of carbonyl (C=O) groups is 1. The fourth-order valence-electron chi connectivity index (χ4n) is 1.54. The van der Waals surface area contributed by atoms with Crippen molar-refractivity contribution >= 4 is 5.97 Å². The van der Waals surface area contributed by atoms with Crippen LogP contribution in [-0.4, -0.2) is 24.7 Å². The molecule has 1 fully saturated rings. The average molecular weight is 185 g/mol. The standard InChI is InChI=1S/C10H19NO2/c1-3-4-8-13-9(12)10(2)6-5-7-11-10/h11H,3-8H2,1-2H3. The van der Waals surface area contributed by atoms with E-state index in [9.17, 15) is 4.79 Å². The smallest absolute Gasteiger partial charge is 0.326 e. The summed E-state index contributed by atoms with van der Waals surface area (Å²) < 4.78 is 5.17. The third kappa shape index (κ3) is 2.69. The van der Waals surface area contributed by atoms with E-state index in [4.69, 9.17) is 4.74 Å². The van der Waals surface area contributed by atoms with Crippen molar-refractivity contribution in [2.75, 3.05) is 13.2 Å². The maximum absolute atomic E-state index is 11.6. The number of nitrogens with one attached hydrogen (secondary N) is 1. The minimum absolute atomic E-state index is 0.0848. The molecule has 0 radical (unpaired) electrons. The van der Waals surface area contributed by atoms with E-state index >= 15 is 0 Å². The Morgan fingerprint density at radius 3 is 2.92 bits per heavy atom. The second-order valence-corrected chi connectivity index (χ2v) is 3.85. The number of hydrogen-bond acceptors (Lipinski definition) is 3. The van der Waals surface area contributed by atoms with Crippen LogP contribution in [0.5, 0.6) is 0 Å². The van der Waals surface area contributed by atoms with Crippen LogP contribution in [0, 0.1) is 0 Å². The van der Waals surface area contributed by atoms with Gasteiger partial charge in [0.15, 0.2) is 0 Å². The zero-order valence-corrected chi connectivity index (χ0v) is 8.56. The van der Waals surface area contributed by atoms with Crippen molar-refractivity contribution in [1.29, 1.82) is 0 Å². The van der Waals surface area contributed by atoms with Crippen LogP contribution in [0.4, 0.5) is 0 Å². The third-order valence-electron chi connectivity index (χ3n) is 2.55. The number of carbonyl (C=O) groups excluding carboxylic acids is 1. The Kier molecular flexibility index (Phi) is 3.72. The molecule has 1 N–H and O–H groups in total. The van der Waals surface area contributed by atoms with Gasteiger partial charge in [0.2, 0.25) is 0 Å². The second kappa shape index (κ2) is 4.61. The summed E-state index contributed by atoms with van der Waals surface area (Å²) in [5.41, 5.74) is -0.409. The van der Waals surface area contributed by atoms with Crippen molar-refractivity contribution in [2.45, 2.75) is 45.1 Å². The fraction of sp³-hybridized carbons (Fsp3) is 0.900. The quantitative estimate of drug-likeness (QED) is 0.532. The summed E-state index contributed by atoms with van der Waals surface area (Å²) >= 11 is 0. The van der Waals surface area contributed by atoms with E-state index in [0.29, 0.717) is 6.61 Å². The molecule has 0 aromatic rings. The maximum atomic E-state index is 11.6. The van der Waals surface area contributed by atoms with E-state index in [0.717, 1.165) is 32.2 Å². The second-order valence-electron chi connectivity index (χ2n) is 3.85. The van der Waals surface area contributed by atoms with E-state index < -0.39 is 5.54 Å². The molecule has 0 aliphatic carbocycles. The van der Waals surface area contributed by atoms with Crippen LogP contribution in [0.2, 0.25) is 0 Å². The first-order valence-electron chi connectivity index (χ1n) is 5.11. The van der Waals surface area contributed by atoms with E-state index in [1.54, 1.807) is 0 Å². The van der Waals surface area contributed by atoms with Crippen molar-refractivity contribution in [3.05, 3.63) is 0 Å². The Bertz CT molecular complexity index is 174. The molecular weight excluding hydrogens is 166 g/mol. The molecule has 0 saturated carbocycles. The molecule has 1 aliphatic rings. The summed E-state index contributed by atoms with van der Waals surface area (Å²) in [5, 5.41) is 3.19. The van der Waals surface area contributed by atoms with Crippen LogP contribution in [0.25, 0.3) is 0 Å². The highest BCUT2D eigenvalue weighted by Gasteiger charge is 2.37. The Morgan fingerprint density at radius 2 is 2.38 bits per heavy atom. The highest BCUT2D eigenvalue weighted by molar-refractivity contribution is 5.80. The molecule has 0 aromatic heterocycles. The molecule has 0 spiro atoms. The van der Waals surface area contributed by atoms with Gasteiger partial charge in [-0.2, -0.15) is 0 Å². The zero-order chi connectivity index (χ0) is 9.73. The highest BCUT2D eigenvalue weighted by atomic mass is 16.5. The number of ether oxygens (including phenoxy) is 1. The molecule has 13 heavy (non-hydrogen) atoms. The summed E-state index contributed by atoms with van der Waals surface area (Å²) in [7, 11) is 0. The van der Waals surface area contributed by atoms with Crippen LogP contribution in [0.15, 0.2) is 0 Å². The predicted octanol–water partition coefficient (Wildman–Crippen LogP) is 1.47. The average Bonchev–Trinajstić information content (AvgIpc) is 2.54. The Balaban J connectivity index is 2.29. The van der Waals surface area contributed by atoms with E-state index in [1.165, 1.54) is 0 Å². The van der Waals surface area contributed by atoms with Gasteiger partial charge in [-0.25, -0.2) is 0 Å². The molecule has 1 heterocycles. The van der Waals surface area contributed by atoms with Crippen LogP contribution < -0.4 is 5.32 Å². The fourth-order valence-corrected chi connectivity index (χ4v) is 1.54. The van der Waals surface area contributed by atoms with E-state index in [-0.39, 0.29) is 5.97 Å². The summed E-state index contributed by atoms with van der Waals surface area (Å²) in [6.07, 6.45) is 4.00. The molecule has 1 aliphatic heterocycles. The van der Waals surface area contributed by atoms with Gasteiger partial charge in [0.05, 0.1) is 6.61 Å². The van der Waals surface area contributed by atoms with Gasteiger partial charge in [-0.1, -0.05) is 13.3 Å². The molecule has 3 nitrogen and oxygen atoms in total. The largest absolute Gasteiger partial charge is 0.464 e. The van der Waals surface area contributed by atoms with Crippen LogP contribution in [0.3, 0.4) is 0 Å². The first-order chi connectivity index (χ1) is 6.19. The first kappa shape index (κ1) is 10.5. The highest BCUT2D eigenvalue weighted by Crippen LogP contribution is 2.19. The van der Waals surface area contributed by atoms with Crippen LogP contribution in [-0.2, 0) is 9.53 Å². The molecule has 1 unspecified atom stereocenters. The van der Waals surface area contributed by atoms with E-state index in [1.807, 2.05) is 6.92 Å².